The topological polar surface area (TPSA) is 98.3 Å². The molecule has 90 valence electrons. The molecule has 6 nitrogen and oxygen atoms in total. The second-order valence-electron chi connectivity index (χ2n) is 3.28. The van der Waals surface area contributed by atoms with Crippen molar-refractivity contribution in [2.24, 2.45) is 5.10 Å². The van der Waals surface area contributed by atoms with Crippen LogP contribution in [0.3, 0.4) is 0 Å². The Morgan fingerprint density at radius 2 is 2.06 bits per heavy atom. The summed E-state index contributed by atoms with van der Waals surface area (Å²) in [7, 11) is 1.27. The molecule has 0 amide bonds. The molecule has 1 aromatic rings. The number of hydrazone groups is 1. The Morgan fingerprint density at radius 3 is 2.61 bits per heavy atom. The summed E-state index contributed by atoms with van der Waals surface area (Å²) in [6.07, 6.45) is 0. The van der Waals surface area contributed by atoms with Crippen LogP contribution in [0.2, 0.25) is 0 Å². The summed E-state index contributed by atoms with van der Waals surface area (Å²) in [6, 6.07) is 8.26. The highest BCUT2D eigenvalue weighted by atomic mass is 16.5. The number of para-hydroxylation sites is 1. The van der Waals surface area contributed by atoms with E-state index < -0.39 is 5.97 Å². The first-order chi connectivity index (χ1) is 8.63. The zero-order chi connectivity index (χ0) is 13.5. The van der Waals surface area contributed by atoms with Crippen molar-refractivity contribution in [2.45, 2.75) is 6.92 Å². The molecule has 18 heavy (non-hydrogen) atoms. The van der Waals surface area contributed by atoms with Gasteiger partial charge >= 0.3 is 5.97 Å². The van der Waals surface area contributed by atoms with Gasteiger partial charge in [-0.3, -0.25) is 5.43 Å². The summed E-state index contributed by atoms with van der Waals surface area (Å²) in [4.78, 5) is 11.5. The minimum absolute atomic E-state index is 0.288. The molecule has 6 heteroatoms. The molecule has 0 fully saturated rings. The fraction of sp³-hybridized carbons (Fsp3) is 0.167. The quantitative estimate of drug-likeness (QED) is 0.493. The van der Waals surface area contributed by atoms with Gasteiger partial charge in [-0.1, -0.05) is 12.1 Å². The number of ether oxygens (including phenoxy) is 1. The number of methoxy groups -OCH3 is 1. The first kappa shape index (κ1) is 13.2. The van der Waals surface area contributed by atoms with E-state index in [2.05, 4.69) is 15.3 Å². The predicted molar refractivity (Wildman–Crippen MR) is 64.8 cm³/mol. The van der Waals surface area contributed by atoms with Crippen molar-refractivity contribution in [3.05, 3.63) is 29.3 Å². The van der Waals surface area contributed by atoms with Gasteiger partial charge in [0.15, 0.2) is 0 Å². The Labute approximate surface area is 104 Å². The largest absolute Gasteiger partial charge is 0.465 e. The van der Waals surface area contributed by atoms with Crippen LogP contribution in [0.15, 0.2) is 23.3 Å². The summed E-state index contributed by atoms with van der Waals surface area (Å²) in [6.45, 7) is 1.77. The molecule has 0 spiro atoms. The molecule has 0 saturated heterocycles. The van der Waals surface area contributed by atoms with E-state index in [0.717, 1.165) is 5.56 Å². The van der Waals surface area contributed by atoms with Crippen LogP contribution in [0.1, 0.15) is 15.9 Å². The van der Waals surface area contributed by atoms with Gasteiger partial charge in [-0.25, -0.2) is 4.79 Å². The van der Waals surface area contributed by atoms with Crippen LogP contribution in [-0.4, -0.2) is 18.8 Å². The molecule has 0 saturated carbocycles. The smallest absolute Gasteiger partial charge is 0.340 e. The molecule has 0 aromatic heterocycles. The highest BCUT2D eigenvalue weighted by molar-refractivity contribution is 6.10. The molecule has 1 rings (SSSR count). The molecule has 0 heterocycles. The number of carbonyl (C=O) groups excluding carboxylic acids is 1. The monoisotopic (exact) mass is 242 g/mol. The highest BCUT2D eigenvalue weighted by Gasteiger charge is 2.13. The zero-order valence-electron chi connectivity index (χ0n) is 9.89. The molecule has 0 atom stereocenters. The van der Waals surface area contributed by atoms with Gasteiger partial charge in [-0.2, -0.15) is 15.6 Å². The number of hydrogen-bond acceptors (Lipinski definition) is 6. The normalized spacial score (nSPS) is 8.67. The Hall–Kier alpha value is -2.86. The maximum absolute atomic E-state index is 11.5. The average Bonchev–Trinajstić information content (AvgIpc) is 2.40. The van der Waals surface area contributed by atoms with Crippen LogP contribution >= 0.6 is 0 Å². The lowest BCUT2D eigenvalue weighted by molar-refractivity contribution is 0.0601. The van der Waals surface area contributed by atoms with E-state index in [-0.39, 0.29) is 11.3 Å². The number of nitriles is 2. The summed E-state index contributed by atoms with van der Waals surface area (Å²) in [5.74, 6) is -0.521. The van der Waals surface area contributed by atoms with Crippen LogP contribution in [0, 0.1) is 29.6 Å². The molecule has 1 aromatic carbocycles. The minimum atomic E-state index is -0.521. The molecule has 0 aliphatic carbocycles. The Balaban J connectivity index is 3.17. The van der Waals surface area contributed by atoms with Gasteiger partial charge in [0.25, 0.3) is 0 Å². The fourth-order valence-corrected chi connectivity index (χ4v) is 1.28. The van der Waals surface area contributed by atoms with E-state index in [4.69, 9.17) is 10.5 Å². The van der Waals surface area contributed by atoms with Gasteiger partial charge in [-0.05, 0) is 18.6 Å². The standard InChI is InChI=1S/C12H10N4O2/c1-8-4-3-5-10(12(17)18-2)11(8)16-15-9(6-13)7-14/h3-5,16H,1-2H3. The third kappa shape index (κ3) is 2.83. The number of aryl methyl sites for hydroxylation is 1. The second kappa shape index (κ2) is 6.02. The lowest BCUT2D eigenvalue weighted by Crippen LogP contribution is -2.07. The number of hydrogen-bond donors (Lipinski definition) is 1. The lowest BCUT2D eigenvalue weighted by atomic mass is 10.1. The van der Waals surface area contributed by atoms with E-state index in [1.54, 1.807) is 37.3 Å². The van der Waals surface area contributed by atoms with Crippen LogP contribution in [-0.2, 0) is 4.74 Å². The highest BCUT2D eigenvalue weighted by Crippen LogP contribution is 2.21. The lowest BCUT2D eigenvalue weighted by Gasteiger charge is -2.09. The van der Waals surface area contributed by atoms with Gasteiger partial charge in [0.2, 0.25) is 5.71 Å². The van der Waals surface area contributed by atoms with Gasteiger partial charge in [0.1, 0.15) is 12.1 Å². The maximum Gasteiger partial charge on any atom is 0.340 e. The first-order valence-electron chi connectivity index (χ1n) is 4.95. The molecular weight excluding hydrogens is 232 g/mol. The predicted octanol–water partition coefficient (Wildman–Crippen LogP) is 1.60. The second-order valence-corrected chi connectivity index (χ2v) is 3.28. The van der Waals surface area contributed by atoms with Crippen molar-refractivity contribution in [1.82, 2.24) is 0 Å². The average molecular weight is 242 g/mol. The van der Waals surface area contributed by atoms with E-state index in [1.165, 1.54) is 7.11 Å². The van der Waals surface area contributed by atoms with Gasteiger partial charge in [0, 0.05) is 0 Å². The van der Waals surface area contributed by atoms with Crippen molar-refractivity contribution >= 4 is 17.4 Å². The number of anilines is 1. The van der Waals surface area contributed by atoms with Crippen LogP contribution in [0.4, 0.5) is 5.69 Å². The summed E-state index contributed by atoms with van der Waals surface area (Å²) < 4.78 is 4.63. The molecule has 1 N–H and O–H groups in total. The summed E-state index contributed by atoms with van der Waals surface area (Å²) in [5.41, 5.74) is 3.66. The molecular formula is C12H10N4O2. The summed E-state index contributed by atoms with van der Waals surface area (Å²) >= 11 is 0. The number of nitrogens with zero attached hydrogens (tertiary/aromatic N) is 3. The Bertz CT molecular complexity index is 563. The maximum atomic E-state index is 11.5. The summed E-state index contributed by atoms with van der Waals surface area (Å²) in [5, 5.41) is 20.7. The number of nitrogens with one attached hydrogen (secondary N) is 1. The van der Waals surface area contributed by atoms with Crippen molar-refractivity contribution in [2.75, 3.05) is 12.5 Å². The van der Waals surface area contributed by atoms with Crippen molar-refractivity contribution in [3.8, 4) is 12.1 Å². The molecule has 0 bridgehead atoms. The molecule has 0 aliphatic rings. The van der Waals surface area contributed by atoms with E-state index in [9.17, 15) is 4.79 Å². The van der Waals surface area contributed by atoms with Crippen molar-refractivity contribution in [1.29, 1.82) is 10.5 Å². The fourth-order valence-electron chi connectivity index (χ4n) is 1.28. The van der Waals surface area contributed by atoms with E-state index in [1.807, 2.05) is 0 Å². The Morgan fingerprint density at radius 1 is 1.39 bits per heavy atom. The first-order valence-corrected chi connectivity index (χ1v) is 4.95. The molecule has 0 radical (unpaired) electrons. The third-order valence-corrected chi connectivity index (χ3v) is 2.17. The van der Waals surface area contributed by atoms with Crippen LogP contribution in [0.25, 0.3) is 0 Å². The Kier molecular flexibility index (Phi) is 4.42. The molecule has 0 aliphatic heterocycles. The van der Waals surface area contributed by atoms with Crippen LogP contribution in [0.5, 0.6) is 0 Å². The SMILES string of the molecule is COC(=O)c1cccc(C)c1NN=C(C#N)C#N. The third-order valence-electron chi connectivity index (χ3n) is 2.17. The van der Waals surface area contributed by atoms with E-state index in [0.29, 0.717) is 5.69 Å². The van der Waals surface area contributed by atoms with Gasteiger partial charge < -0.3 is 4.74 Å². The van der Waals surface area contributed by atoms with Crippen molar-refractivity contribution in [3.63, 3.8) is 0 Å². The number of carbonyl (C=O) groups is 1. The number of benzene rings is 1. The van der Waals surface area contributed by atoms with Crippen molar-refractivity contribution < 1.29 is 9.53 Å². The van der Waals surface area contributed by atoms with E-state index >= 15 is 0 Å². The number of esters is 1. The van der Waals surface area contributed by atoms with Gasteiger partial charge in [-0.15, -0.1) is 0 Å². The zero-order valence-corrected chi connectivity index (χ0v) is 9.89. The number of rotatable bonds is 3. The minimum Gasteiger partial charge on any atom is -0.465 e. The van der Waals surface area contributed by atoms with Crippen LogP contribution < -0.4 is 5.43 Å². The molecule has 0 unspecified atom stereocenters. The van der Waals surface area contributed by atoms with Gasteiger partial charge in [0.05, 0.1) is 18.4 Å².